The van der Waals surface area contributed by atoms with Gasteiger partial charge in [-0.15, -0.1) is 0 Å². The standard InChI is InChI=1S/C27H37N5O/c1-21-18-24(15-17-31(21)20-23-8-4-3-5-9-23)30-27(28-2)29-19-22-11-13-25(14-12-22)32-16-7-6-10-26(32)33/h3-5,8-9,11-14,21,24H,6-7,10,15-20H2,1-2H3,(H2,28,29,30). The predicted octanol–water partition coefficient (Wildman–Crippen LogP) is 3.92. The lowest BCUT2D eigenvalue weighted by Crippen LogP contribution is -2.51. The number of nitrogens with zero attached hydrogens (tertiary/aromatic N) is 3. The van der Waals surface area contributed by atoms with Crippen LogP contribution in [0, 0.1) is 0 Å². The first kappa shape index (κ1) is 23.3. The van der Waals surface area contributed by atoms with E-state index in [4.69, 9.17) is 0 Å². The second kappa shape index (κ2) is 11.3. The van der Waals surface area contributed by atoms with Crippen molar-refractivity contribution in [2.75, 3.05) is 25.0 Å². The van der Waals surface area contributed by atoms with Crippen LogP contribution in [0.1, 0.15) is 50.2 Å². The van der Waals surface area contributed by atoms with Crippen LogP contribution in [0.3, 0.4) is 0 Å². The molecule has 2 unspecified atom stereocenters. The number of hydrogen-bond donors (Lipinski definition) is 2. The molecule has 6 nitrogen and oxygen atoms in total. The molecule has 0 aliphatic carbocycles. The fourth-order valence-corrected chi connectivity index (χ4v) is 4.85. The molecule has 0 bridgehead atoms. The summed E-state index contributed by atoms with van der Waals surface area (Å²) >= 11 is 0. The Bertz CT molecular complexity index is 927. The van der Waals surface area contributed by atoms with Crippen LogP contribution in [-0.2, 0) is 17.9 Å². The summed E-state index contributed by atoms with van der Waals surface area (Å²) in [4.78, 5) is 21.1. The van der Waals surface area contributed by atoms with Gasteiger partial charge in [0.2, 0.25) is 5.91 Å². The normalized spacial score (nSPS) is 22.3. The molecule has 4 rings (SSSR count). The highest BCUT2D eigenvalue weighted by Crippen LogP contribution is 2.22. The molecule has 176 valence electrons. The molecule has 0 radical (unpaired) electrons. The lowest BCUT2D eigenvalue weighted by atomic mass is 9.97. The van der Waals surface area contributed by atoms with Gasteiger partial charge in [0.25, 0.3) is 0 Å². The smallest absolute Gasteiger partial charge is 0.226 e. The topological polar surface area (TPSA) is 60.0 Å². The second-order valence-electron chi connectivity index (χ2n) is 9.27. The van der Waals surface area contributed by atoms with Gasteiger partial charge in [-0.3, -0.25) is 14.7 Å². The Balaban J connectivity index is 1.24. The third-order valence-electron chi connectivity index (χ3n) is 6.84. The molecule has 2 N–H and O–H groups in total. The van der Waals surface area contributed by atoms with E-state index < -0.39 is 0 Å². The Morgan fingerprint density at radius 1 is 1.03 bits per heavy atom. The number of rotatable bonds is 6. The number of amides is 1. The van der Waals surface area contributed by atoms with Crippen LogP contribution >= 0.6 is 0 Å². The van der Waals surface area contributed by atoms with Crippen LogP contribution in [0.4, 0.5) is 5.69 Å². The summed E-state index contributed by atoms with van der Waals surface area (Å²) in [7, 11) is 1.83. The fourth-order valence-electron chi connectivity index (χ4n) is 4.85. The molecule has 0 spiro atoms. The van der Waals surface area contributed by atoms with Gasteiger partial charge in [0, 0.05) is 57.4 Å². The van der Waals surface area contributed by atoms with Crippen molar-refractivity contribution in [2.24, 2.45) is 4.99 Å². The van der Waals surface area contributed by atoms with E-state index in [9.17, 15) is 4.79 Å². The van der Waals surface area contributed by atoms with E-state index in [-0.39, 0.29) is 5.91 Å². The van der Waals surface area contributed by atoms with Crippen LogP contribution in [0.5, 0.6) is 0 Å². The molecule has 2 aliphatic rings. The highest BCUT2D eigenvalue weighted by atomic mass is 16.2. The van der Waals surface area contributed by atoms with Gasteiger partial charge in [-0.05, 0) is 55.9 Å². The summed E-state index contributed by atoms with van der Waals surface area (Å²) in [5.74, 6) is 1.08. The predicted molar refractivity (Wildman–Crippen MR) is 135 cm³/mol. The zero-order chi connectivity index (χ0) is 23.0. The maximum absolute atomic E-state index is 12.1. The number of piperidine rings is 2. The largest absolute Gasteiger partial charge is 0.354 e. The van der Waals surface area contributed by atoms with Crippen molar-refractivity contribution in [1.29, 1.82) is 0 Å². The Labute approximate surface area is 198 Å². The Hall–Kier alpha value is -2.86. The minimum Gasteiger partial charge on any atom is -0.354 e. The number of likely N-dealkylation sites (tertiary alicyclic amines) is 1. The molecule has 33 heavy (non-hydrogen) atoms. The van der Waals surface area contributed by atoms with Gasteiger partial charge in [0.15, 0.2) is 5.96 Å². The number of carbonyl (C=O) groups is 1. The average molecular weight is 448 g/mol. The van der Waals surface area contributed by atoms with Crippen molar-refractivity contribution in [3.05, 3.63) is 65.7 Å². The first-order chi connectivity index (χ1) is 16.1. The van der Waals surface area contributed by atoms with Gasteiger partial charge < -0.3 is 15.5 Å². The molecule has 2 aromatic carbocycles. The number of benzene rings is 2. The van der Waals surface area contributed by atoms with Gasteiger partial charge in [-0.2, -0.15) is 0 Å². The Kier molecular flexibility index (Phi) is 8.00. The van der Waals surface area contributed by atoms with Crippen LogP contribution in [0.15, 0.2) is 59.6 Å². The summed E-state index contributed by atoms with van der Waals surface area (Å²) in [6.07, 6.45) is 4.97. The summed E-state index contributed by atoms with van der Waals surface area (Å²) < 4.78 is 0. The lowest BCUT2D eigenvalue weighted by Gasteiger charge is -2.38. The van der Waals surface area contributed by atoms with E-state index in [2.05, 4.69) is 82.0 Å². The van der Waals surface area contributed by atoms with E-state index in [1.807, 2.05) is 11.9 Å². The van der Waals surface area contributed by atoms with Crippen molar-refractivity contribution >= 4 is 17.6 Å². The van der Waals surface area contributed by atoms with Crippen molar-refractivity contribution in [3.8, 4) is 0 Å². The summed E-state index contributed by atoms with van der Waals surface area (Å²) in [5, 5.41) is 7.07. The molecule has 6 heteroatoms. The molecular weight excluding hydrogens is 410 g/mol. The quantitative estimate of drug-likeness (QED) is 0.521. The van der Waals surface area contributed by atoms with Gasteiger partial charge in [-0.1, -0.05) is 42.5 Å². The number of hydrogen-bond acceptors (Lipinski definition) is 3. The highest BCUT2D eigenvalue weighted by Gasteiger charge is 2.26. The molecule has 2 atom stereocenters. The SMILES string of the molecule is CN=C(NCc1ccc(N2CCCCC2=O)cc1)NC1CCN(Cc2ccccc2)C(C)C1. The van der Waals surface area contributed by atoms with Gasteiger partial charge in [0.1, 0.15) is 0 Å². The monoisotopic (exact) mass is 447 g/mol. The number of anilines is 1. The molecular formula is C27H37N5O. The number of aliphatic imine (C=N–C) groups is 1. The average Bonchev–Trinajstić information content (AvgIpc) is 2.85. The van der Waals surface area contributed by atoms with Crippen molar-refractivity contribution in [1.82, 2.24) is 15.5 Å². The number of nitrogens with one attached hydrogen (secondary N) is 2. The van der Waals surface area contributed by atoms with E-state index in [0.29, 0.717) is 25.0 Å². The molecule has 2 fully saturated rings. The van der Waals surface area contributed by atoms with Crippen molar-refractivity contribution < 1.29 is 4.79 Å². The molecule has 2 aliphatic heterocycles. The van der Waals surface area contributed by atoms with E-state index in [1.165, 1.54) is 11.1 Å². The van der Waals surface area contributed by atoms with E-state index in [1.54, 1.807) is 0 Å². The van der Waals surface area contributed by atoms with Gasteiger partial charge in [0.05, 0.1) is 0 Å². The lowest BCUT2D eigenvalue weighted by molar-refractivity contribution is -0.119. The third-order valence-corrected chi connectivity index (χ3v) is 6.84. The van der Waals surface area contributed by atoms with Crippen LogP contribution in [-0.4, -0.2) is 49.0 Å². The summed E-state index contributed by atoms with van der Waals surface area (Å²) in [5.41, 5.74) is 3.56. The van der Waals surface area contributed by atoms with Crippen molar-refractivity contribution in [3.63, 3.8) is 0 Å². The zero-order valence-electron chi connectivity index (χ0n) is 20.0. The number of carbonyl (C=O) groups excluding carboxylic acids is 1. The highest BCUT2D eigenvalue weighted by molar-refractivity contribution is 5.93. The van der Waals surface area contributed by atoms with Crippen molar-refractivity contribution in [2.45, 2.75) is 64.2 Å². The Morgan fingerprint density at radius 3 is 2.52 bits per heavy atom. The molecule has 2 aromatic rings. The summed E-state index contributed by atoms with van der Waals surface area (Å²) in [6, 6.07) is 20.0. The molecule has 2 saturated heterocycles. The minimum atomic E-state index is 0.237. The van der Waals surface area contributed by atoms with E-state index >= 15 is 0 Å². The second-order valence-corrected chi connectivity index (χ2v) is 9.27. The summed E-state index contributed by atoms with van der Waals surface area (Å²) in [6.45, 7) is 5.95. The van der Waals surface area contributed by atoms with Crippen LogP contribution < -0.4 is 15.5 Å². The first-order valence-electron chi connectivity index (χ1n) is 12.3. The third kappa shape index (κ3) is 6.35. The maximum atomic E-state index is 12.1. The number of guanidine groups is 1. The van der Waals surface area contributed by atoms with E-state index in [0.717, 1.165) is 57.0 Å². The first-order valence-corrected chi connectivity index (χ1v) is 12.3. The minimum absolute atomic E-state index is 0.237. The maximum Gasteiger partial charge on any atom is 0.226 e. The molecule has 1 amide bonds. The van der Waals surface area contributed by atoms with Crippen LogP contribution in [0.2, 0.25) is 0 Å². The molecule has 0 aromatic heterocycles. The Morgan fingerprint density at radius 2 is 1.82 bits per heavy atom. The van der Waals surface area contributed by atoms with Gasteiger partial charge >= 0.3 is 0 Å². The molecule has 2 heterocycles. The van der Waals surface area contributed by atoms with Crippen LogP contribution in [0.25, 0.3) is 0 Å². The molecule has 0 saturated carbocycles. The zero-order valence-corrected chi connectivity index (χ0v) is 20.0. The fraction of sp³-hybridized carbons (Fsp3) is 0.481. The van der Waals surface area contributed by atoms with Gasteiger partial charge in [-0.25, -0.2) is 0 Å².